The minimum Gasteiger partial charge on any atom is -0.508 e. The molecule has 0 saturated carbocycles. The lowest BCUT2D eigenvalue weighted by Gasteiger charge is -2.08. The van der Waals surface area contributed by atoms with Crippen molar-refractivity contribution in [1.29, 1.82) is 0 Å². The van der Waals surface area contributed by atoms with E-state index in [0.717, 1.165) is 18.7 Å². The molecule has 4 nitrogen and oxygen atoms in total. The number of quaternary nitrogens is 1. The zero-order valence-electron chi connectivity index (χ0n) is 10.5. The Balaban J connectivity index is 2.21. The van der Waals surface area contributed by atoms with Crippen molar-refractivity contribution in [2.45, 2.75) is 12.8 Å². The number of nitrogens with one attached hydrogen (secondary N) is 2. The molecular formula is C13H21N2O2+. The van der Waals surface area contributed by atoms with Crippen LogP contribution in [0.4, 0.5) is 0 Å². The molecule has 17 heavy (non-hydrogen) atoms. The molecule has 0 bridgehead atoms. The second kappa shape index (κ2) is 6.91. The van der Waals surface area contributed by atoms with E-state index in [2.05, 4.69) is 19.4 Å². The lowest BCUT2D eigenvalue weighted by Crippen LogP contribution is -3.06. The minimum absolute atomic E-state index is 0.0827. The number of amides is 1. The second-order valence-corrected chi connectivity index (χ2v) is 4.47. The molecule has 1 rings (SSSR count). The van der Waals surface area contributed by atoms with Gasteiger partial charge in [-0.2, -0.15) is 0 Å². The van der Waals surface area contributed by atoms with Crippen LogP contribution in [0.2, 0.25) is 0 Å². The van der Waals surface area contributed by atoms with Crippen molar-refractivity contribution in [2.24, 2.45) is 0 Å². The van der Waals surface area contributed by atoms with Crippen molar-refractivity contribution < 1.29 is 14.8 Å². The van der Waals surface area contributed by atoms with E-state index < -0.39 is 0 Å². The Morgan fingerprint density at radius 3 is 2.53 bits per heavy atom. The summed E-state index contributed by atoms with van der Waals surface area (Å²) in [6, 6.07) is 6.96. The van der Waals surface area contributed by atoms with Gasteiger partial charge >= 0.3 is 0 Å². The smallest absolute Gasteiger partial charge is 0.220 e. The molecule has 94 valence electrons. The van der Waals surface area contributed by atoms with Crippen molar-refractivity contribution in [3.63, 3.8) is 0 Å². The Labute approximate surface area is 102 Å². The number of hydrogen-bond acceptors (Lipinski definition) is 2. The summed E-state index contributed by atoms with van der Waals surface area (Å²) in [5, 5.41) is 12.0. The first kappa shape index (κ1) is 13.5. The average molecular weight is 237 g/mol. The quantitative estimate of drug-likeness (QED) is 0.630. The molecule has 0 atom stereocenters. The maximum atomic E-state index is 11.5. The first-order valence-corrected chi connectivity index (χ1v) is 5.91. The third-order valence-electron chi connectivity index (χ3n) is 2.52. The van der Waals surface area contributed by atoms with E-state index in [0.29, 0.717) is 12.8 Å². The van der Waals surface area contributed by atoms with E-state index in [4.69, 9.17) is 5.11 Å². The Morgan fingerprint density at radius 2 is 1.94 bits per heavy atom. The summed E-state index contributed by atoms with van der Waals surface area (Å²) in [6.45, 7) is 1.65. The van der Waals surface area contributed by atoms with Gasteiger partial charge in [-0.05, 0) is 24.1 Å². The van der Waals surface area contributed by atoms with Crippen LogP contribution in [-0.4, -0.2) is 38.2 Å². The average Bonchev–Trinajstić information content (AvgIpc) is 2.28. The maximum Gasteiger partial charge on any atom is 0.220 e. The maximum absolute atomic E-state index is 11.5. The molecule has 0 radical (unpaired) electrons. The van der Waals surface area contributed by atoms with Crippen molar-refractivity contribution in [3.05, 3.63) is 29.8 Å². The van der Waals surface area contributed by atoms with Crippen LogP contribution >= 0.6 is 0 Å². The largest absolute Gasteiger partial charge is 0.508 e. The minimum atomic E-state index is 0.0827. The van der Waals surface area contributed by atoms with Gasteiger partial charge in [0.15, 0.2) is 0 Å². The van der Waals surface area contributed by atoms with Crippen LogP contribution in [0.1, 0.15) is 12.0 Å². The van der Waals surface area contributed by atoms with Crippen LogP contribution in [0, 0.1) is 0 Å². The summed E-state index contributed by atoms with van der Waals surface area (Å²) in [6.07, 6.45) is 1.20. The molecule has 0 aliphatic carbocycles. The number of benzene rings is 1. The molecule has 1 aromatic carbocycles. The van der Waals surface area contributed by atoms with Gasteiger partial charge in [-0.1, -0.05) is 12.1 Å². The molecule has 0 aliphatic heterocycles. The van der Waals surface area contributed by atoms with Gasteiger partial charge in [-0.15, -0.1) is 0 Å². The molecule has 0 unspecified atom stereocenters. The summed E-state index contributed by atoms with van der Waals surface area (Å²) in [5.74, 6) is 0.339. The van der Waals surface area contributed by atoms with E-state index in [1.807, 2.05) is 12.1 Å². The van der Waals surface area contributed by atoms with Gasteiger partial charge < -0.3 is 15.3 Å². The van der Waals surface area contributed by atoms with Gasteiger partial charge in [0.1, 0.15) is 5.75 Å². The zero-order valence-corrected chi connectivity index (χ0v) is 10.5. The van der Waals surface area contributed by atoms with Crippen LogP contribution < -0.4 is 10.2 Å². The van der Waals surface area contributed by atoms with E-state index >= 15 is 0 Å². The van der Waals surface area contributed by atoms with Gasteiger partial charge in [0, 0.05) is 6.42 Å². The number of carbonyl (C=O) groups excluding carboxylic acids is 1. The SMILES string of the molecule is C[NH+](C)CCNC(=O)CCc1ccc(O)cc1. The van der Waals surface area contributed by atoms with Crippen LogP contribution in [0.5, 0.6) is 5.75 Å². The number of aryl methyl sites for hydroxylation is 1. The fourth-order valence-electron chi connectivity index (χ4n) is 1.46. The highest BCUT2D eigenvalue weighted by atomic mass is 16.3. The van der Waals surface area contributed by atoms with E-state index in [1.54, 1.807) is 12.1 Å². The van der Waals surface area contributed by atoms with Gasteiger partial charge in [0.2, 0.25) is 5.91 Å². The van der Waals surface area contributed by atoms with Crippen molar-refractivity contribution in [2.75, 3.05) is 27.2 Å². The summed E-state index contributed by atoms with van der Waals surface area (Å²) >= 11 is 0. The number of hydrogen-bond donors (Lipinski definition) is 3. The molecule has 1 amide bonds. The predicted octanol–water partition coefficient (Wildman–Crippen LogP) is -0.414. The molecule has 0 aliphatic rings. The van der Waals surface area contributed by atoms with Crippen LogP contribution in [0.3, 0.4) is 0 Å². The number of phenols is 1. The van der Waals surface area contributed by atoms with E-state index in [1.165, 1.54) is 4.90 Å². The van der Waals surface area contributed by atoms with Crippen molar-refractivity contribution in [1.82, 2.24) is 5.32 Å². The molecule has 1 aromatic rings. The lowest BCUT2D eigenvalue weighted by molar-refractivity contribution is -0.856. The van der Waals surface area contributed by atoms with Gasteiger partial charge in [-0.25, -0.2) is 0 Å². The molecular weight excluding hydrogens is 216 g/mol. The van der Waals surface area contributed by atoms with Crippen molar-refractivity contribution in [3.8, 4) is 5.75 Å². The number of carbonyl (C=O) groups is 1. The highest BCUT2D eigenvalue weighted by molar-refractivity contribution is 5.76. The third kappa shape index (κ3) is 5.92. The molecule has 0 saturated heterocycles. The molecule has 4 heteroatoms. The lowest BCUT2D eigenvalue weighted by atomic mass is 10.1. The fourth-order valence-corrected chi connectivity index (χ4v) is 1.46. The topological polar surface area (TPSA) is 53.8 Å². The standard InChI is InChI=1S/C13H20N2O2/c1-15(2)10-9-14-13(17)8-5-11-3-6-12(16)7-4-11/h3-4,6-7,16H,5,8-10H2,1-2H3,(H,14,17)/p+1. The van der Waals surface area contributed by atoms with Gasteiger partial charge in [-0.3, -0.25) is 4.79 Å². The number of likely N-dealkylation sites (N-methyl/N-ethyl adjacent to an activating group) is 1. The fraction of sp³-hybridized carbons (Fsp3) is 0.462. The van der Waals surface area contributed by atoms with E-state index in [9.17, 15) is 4.79 Å². The highest BCUT2D eigenvalue weighted by Gasteiger charge is 2.02. The Kier molecular flexibility index (Phi) is 5.49. The predicted molar refractivity (Wildman–Crippen MR) is 67.1 cm³/mol. The molecule has 0 heterocycles. The summed E-state index contributed by atoms with van der Waals surface area (Å²) < 4.78 is 0. The molecule has 3 N–H and O–H groups in total. The van der Waals surface area contributed by atoms with Crippen molar-refractivity contribution >= 4 is 5.91 Å². The number of rotatable bonds is 6. The summed E-state index contributed by atoms with van der Waals surface area (Å²) in [4.78, 5) is 12.8. The molecule has 0 spiro atoms. The monoisotopic (exact) mass is 237 g/mol. The first-order chi connectivity index (χ1) is 8.08. The van der Waals surface area contributed by atoms with Crippen LogP contribution in [0.25, 0.3) is 0 Å². The van der Waals surface area contributed by atoms with Crippen LogP contribution in [-0.2, 0) is 11.2 Å². The van der Waals surface area contributed by atoms with E-state index in [-0.39, 0.29) is 11.7 Å². The number of phenolic OH excluding ortho intramolecular Hbond substituents is 1. The molecule has 0 aromatic heterocycles. The normalized spacial score (nSPS) is 10.5. The third-order valence-corrected chi connectivity index (χ3v) is 2.52. The Morgan fingerprint density at radius 1 is 1.29 bits per heavy atom. The Bertz CT molecular complexity index is 347. The molecule has 0 fully saturated rings. The highest BCUT2D eigenvalue weighted by Crippen LogP contribution is 2.10. The van der Waals surface area contributed by atoms with Gasteiger partial charge in [0.05, 0.1) is 27.2 Å². The van der Waals surface area contributed by atoms with Crippen LogP contribution in [0.15, 0.2) is 24.3 Å². The number of aromatic hydroxyl groups is 1. The first-order valence-electron chi connectivity index (χ1n) is 5.91. The summed E-state index contributed by atoms with van der Waals surface area (Å²) in [7, 11) is 4.12. The second-order valence-electron chi connectivity index (χ2n) is 4.47. The zero-order chi connectivity index (χ0) is 12.7. The van der Waals surface area contributed by atoms with Gasteiger partial charge in [0.25, 0.3) is 0 Å². The summed E-state index contributed by atoms with van der Waals surface area (Å²) in [5.41, 5.74) is 1.07. The Hall–Kier alpha value is -1.55.